The van der Waals surface area contributed by atoms with E-state index >= 15 is 0 Å². The van der Waals surface area contributed by atoms with Crippen LogP contribution in [-0.2, 0) is 11.8 Å². The summed E-state index contributed by atoms with van der Waals surface area (Å²) < 4.78 is 1.71. The van der Waals surface area contributed by atoms with Crippen molar-refractivity contribution in [2.24, 2.45) is 7.05 Å². The molecule has 3 heterocycles. The molecule has 0 spiro atoms. The summed E-state index contributed by atoms with van der Waals surface area (Å²) in [6.45, 7) is 0. The van der Waals surface area contributed by atoms with Gasteiger partial charge in [0.05, 0.1) is 12.3 Å². The van der Waals surface area contributed by atoms with Gasteiger partial charge in [0, 0.05) is 37.0 Å². The van der Waals surface area contributed by atoms with E-state index in [-0.39, 0.29) is 24.1 Å². The van der Waals surface area contributed by atoms with Crippen LogP contribution in [0.5, 0.6) is 0 Å². The topological polar surface area (TPSA) is 58.4 Å². The number of aryl methyl sites for hydroxylation is 1. The van der Waals surface area contributed by atoms with E-state index < -0.39 is 0 Å². The van der Waals surface area contributed by atoms with Gasteiger partial charge in [-0.25, -0.2) is 0 Å². The minimum absolute atomic E-state index is 0.0586. The number of aliphatic hydroxyl groups excluding tert-OH is 1. The van der Waals surface area contributed by atoms with Crippen molar-refractivity contribution < 1.29 is 9.90 Å². The van der Waals surface area contributed by atoms with Crippen LogP contribution in [0.25, 0.3) is 6.08 Å². The lowest BCUT2D eigenvalue weighted by molar-refractivity contribution is -0.131. The zero-order chi connectivity index (χ0) is 13.4. The first kappa shape index (κ1) is 12.4. The van der Waals surface area contributed by atoms with Crippen LogP contribution in [0.4, 0.5) is 0 Å². The van der Waals surface area contributed by atoms with Crippen molar-refractivity contribution >= 4 is 12.0 Å². The number of carbonyl (C=O) groups is 1. The first-order valence-corrected chi connectivity index (χ1v) is 6.80. The molecule has 2 aliphatic heterocycles. The van der Waals surface area contributed by atoms with Crippen LogP contribution in [0, 0.1) is 0 Å². The van der Waals surface area contributed by atoms with Crippen molar-refractivity contribution in [3.63, 3.8) is 0 Å². The SMILES string of the molecule is Cn1cc(C=CC(=O)N2C3CCC2CC(O)C3)cn1. The highest BCUT2D eigenvalue weighted by molar-refractivity contribution is 5.92. The predicted molar refractivity (Wildman–Crippen MR) is 71.1 cm³/mol. The van der Waals surface area contributed by atoms with Crippen molar-refractivity contribution in [2.75, 3.05) is 0 Å². The number of aromatic nitrogens is 2. The van der Waals surface area contributed by atoms with Gasteiger partial charge >= 0.3 is 0 Å². The molecule has 2 bridgehead atoms. The molecule has 1 aromatic rings. The molecule has 1 N–H and O–H groups in total. The number of fused-ring (bicyclic) bond motifs is 2. The van der Waals surface area contributed by atoms with E-state index in [2.05, 4.69) is 5.10 Å². The van der Waals surface area contributed by atoms with Crippen LogP contribution >= 0.6 is 0 Å². The molecule has 2 saturated heterocycles. The predicted octanol–water partition coefficient (Wildman–Crippen LogP) is 0.948. The molecule has 0 radical (unpaired) electrons. The van der Waals surface area contributed by atoms with Gasteiger partial charge in [-0.2, -0.15) is 5.10 Å². The van der Waals surface area contributed by atoms with E-state index in [1.165, 1.54) is 0 Å². The third kappa shape index (κ3) is 2.42. The van der Waals surface area contributed by atoms with E-state index in [1.807, 2.05) is 18.1 Å². The summed E-state index contributed by atoms with van der Waals surface area (Å²) in [5.74, 6) is 0.0586. The fourth-order valence-corrected chi connectivity index (χ4v) is 3.29. The van der Waals surface area contributed by atoms with E-state index in [9.17, 15) is 9.90 Å². The summed E-state index contributed by atoms with van der Waals surface area (Å²) in [6.07, 6.45) is 10.3. The van der Waals surface area contributed by atoms with E-state index in [4.69, 9.17) is 0 Å². The van der Waals surface area contributed by atoms with Gasteiger partial charge in [0.2, 0.25) is 5.91 Å². The lowest BCUT2D eigenvalue weighted by Gasteiger charge is -2.36. The second kappa shape index (κ2) is 4.81. The van der Waals surface area contributed by atoms with Crippen LogP contribution in [0.2, 0.25) is 0 Å². The molecule has 2 unspecified atom stereocenters. The van der Waals surface area contributed by atoms with Crippen molar-refractivity contribution in [3.05, 3.63) is 24.0 Å². The fourth-order valence-electron chi connectivity index (χ4n) is 3.29. The summed E-state index contributed by atoms with van der Waals surface area (Å²) in [5, 5.41) is 13.8. The van der Waals surface area contributed by atoms with Gasteiger partial charge in [-0.15, -0.1) is 0 Å². The minimum Gasteiger partial charge on any atom is -0.393 e. The third-order valence-corrected chi connectivity index (χ3v) is 4.11. The molecular weight excluding hydrogens is 242 g/mol. The highest BCUT2D eigenvalue weighted by Gasteiger charge is 2.41. The Bertz CT molecular complexity index is 495. The fraction of sp³-hybridized carbons (Fsp3) is 0.571. The molecular formula is C14H19N3O2. The number of hydrogen-bond donors (Lipinski definition) is 1. The van der Waals surface area contributed by atoms with Gasteiger partial charge in [-0.1, -0.05) is 0 Å². The van der Waals surface area contributed by atoms with Crippen molar-refractivity contribution in [2.45, 2.75) is 43.9 Å². The van der Waals surface area contributed by atoms with Crippen molar-refractivity contribution in [1.82, 2.24) is 14.7 Å². The maximum Gasteiger partial charge on any atom is 0.247 e. The second-order valence-electron chi connectivity index (χ2n) is 5.54. The lowest BCUT2D eigenvalue weighted by Crippen LogP contribution is -2.47. The maximum absolute atomic E-state index is 12.3. The van der Waals surface area contributed by atoms with Crippen LogP contribution in [0.15, 0.2) is 18.5 Å². The highest BCUT2D eigenvalue weighted by atomic mass is 16.3. The third-order valence-electron chi connectivity index (χ3n) is 4.11. The summed E-state index contributed by atoms with van der Waals surface area (Å²) in [4.78, 5) is 14.2. The Labute approximate surface area is 112 Å². The Hall–Kier alpha value is -1.62. The molecule has 2 atom stereocenters. The Morgan fingerprint density at radius 1 is 1.42 bits per heavy atom. The Morgan fingerprint density at radius 3 is 2.68 bits per heavy atom. The first-order valence-electron chi connectivity index (χ1n) is 6.80. The minimum atomic E-state index is -0.233. The number of amides is 1. The van der Waals surface area contributed by atoms with Gasteiger partial charge in [0.15, 0.2) is 0 Å². The van der Waals surface area contributed by atoms with Crippen molar-refractivity contribution in [1.29, 1.82) is 0 Å². The molecule has 0 saturated carbocycles. The molecule has 0 aromatic carbocycles. The standard InChI is InChI=1S/C14H19N3O2/c1-16-9-10(8-15-16)2-5-14(19)17-11-3-4-12(17)7-13(18)6-11/h2,5,8-9,11-13,18H,3-4,6-7H2,1H3. The van der Waals surface area contributed by atoms with E-state index in [0.717, 1.165) is 31.2 Å². The number of nitrogens with zero attached hydrogens (tertiary/aromatic N) is 3. The van der Waals surface area contributed by atoms with Gasteiger partial charge in [-0.3, -0.25) is 9.48 Å². The summed E-state index contributed by atoms with van der Waals surface area (Å²) in [7, 11) is 1.85. The van der Waals surface area contributed by atoms with E-state index in [0.29, 0.717) is 0 Å². The molecule has 1 aromatic heterocycles. The lowest BCUT2D eigenvalue weighted by atomic mass is 10.00. The van der Waals surface area contributed by atoms with E-state index in [1.54, 1.807) is 23.0 Å². The normalized spacial score (nSPS) is 30.2. The molecule has 5 heteroatoms. The molecule has 1 amide bonds. The number of carbonyl (C=O) groups excluding carboxylic acids is 1. The molecule has 19 heavy (non-hydrogen) atoms. The Morgan fingerprint density at radius 2 is 2.11 bits per heavy atom. The number of rotatable bonds is 2. The average molecular weight is 261 g/mol. The summed E-state index contributed by atoms with van der Waals surface area (Å²) in [6, 6.07) is 0.444. The Balaban J connectivity index is 1.69. The molecule has 5 nitrogen and oxygen atoms in total. The molecule has 2 aliphatic rings. The largest absolute Gasteiger partial charge is 0.393 e. The van der Waals surface area contributed by atoms with Crippen LogP contribution in [-0.4, -0.2) is 43.9 Å². The van der Waals surface area contributed by atoms with Crippen LogP contribution < -0.4 is 0 Å². The van der Waals surface area contributed by atoms with Gasteiger partial charge in [0.25, 0.3) is 0 Å². The van der Waals surface area contributed by atoms with Gasteiger partial charge in [0.1, 0.15) is 0 Å². The summed E-state index contributed by atoms with van der Waals surface area (Å²) in [5.41, 5.74) is 0.931. The zero-order valence-corrected chi connectivity index (χ0v) is 11.1. The first-order chi connectivity index (χ1) is 9.13. The van der Waals surface area contributed by atoms with Crippen molar-refractivity contribution in [3.8, 4) is 0 Å². The number of hydrogen-bond acceptors (Lipinski definition) is 3. The Kier molecular flexibility index (Phi) is 3.14. The maximum atomic E-state index is 12.3. The second-order valence-corrected chi connectivity index (χ2v) is 5.54. The molecule has 0 aliphatic carbocycles. The molecule has 102 valence electrons. The monoisotopic (exact) mass is 261 g/mol. The average Bonchev–Trinajstić information content (AvgIpc) is 2.89. The molecule has 2 fully saturated rings. The van der Waals surface area contributed by atoms with Gasteiger partial charge < -0.3 is 10.0 Å². The quantitative estimate of drug-likeness (QED) is 0.806. The van der Waals surface area contributed by atoms with Gasteiger partial charge in [-0.05, 0) is 31.8 Å². The number of piperidine rings is 1. The van der Waals surface area contributed by atoms with Crippen LogP contribution in [0.3, 0.4) is 0 Å². The zero-order valence-electron chi connectivity index (χ0n) is 11.1. The van der Waals surface area contributed by atoms with Crippen LogP contribution in [0.1, 0.15) is 31.2 Å². The molecule has 3 rings (SSSR count). The smallest absolute Gasteiger partial charge is 0.247 e. The highest BCUT2D eigenvalue weighted by Crippen LogP contribution is 2.35. The number of aliphatic hydroxyl groups is 1. The summed E-state index contributed by atoms with van der Waals surface area (Å²) >= 11 is 0.